The van der Waals surface area contributed by atoms with Crippen molar-refractivity contribution in [2.45, 2.75) is 45.9 Å². The Morgan fingerprint density at radius 2 is 2.00 bits per heavy atom. The van der Waals surface area contributed by atoms with Crippen LogP contribution in [0, 0.1) is 0 Å². The SMILES string of the molecule is CC.CNC1CCN(C(C)C)CP1. The molecule has 0 aliphatic carbocycles. The van der Waals surface area contributed by atoms with Gasteiger partial charge in [-0.05, 0) is 27.3 Å². The largest absolute Gasteiger partial charge is 0.313 e. The first kappa shape index (κ1) is 13.4. The Hall–Kier alpha value is 0.350. The van der Waals surface area contributed by atoms with E-state index in [2.05, 4.69) is 31.1 Å². The van der Waals surface area contributed by atoms with Gasteiger partial charge in [0.2, 0.25) is 0 Å². The molecule has 1 aliphatic rings. The fourth-order valence-corrected chi connectivity index (χ4v) is 2.91. The molecule has 1 aliphatic heterocycles. The molecule has 1 rings (SSSR count). The normalized spacial score (nSPS) is 25.8. The Morgan fingerprint density at radius 1 is 1.38 bits per heavy atom. The van der Waals surface area contributed by atoms with Gasteiger partial charge in [0.15, 0.2) is 0 Å². The average molecular weight is 204 g/mol. The molecule has 3 heteroatoms. The molecule has 2 nitrogen and oxygen atoms in total. The summed E-state index contributed by atoms with van der Waals surface area (Å²) in [5.74, 6) is 0.796. The zero-order chi connectivity index (χ0) is 10.3. The molecule has 0 aromatic heterocycles. The first-order chi connectivity index (χ1) is 6.24. The van der Waals surface area contributed by atoms with Crippen LogP contribution < -0.4 is 5.32 Å². The third-order valence-corrected chi connectivity index (χ3v) is 3.98. The Bertz CT molecular complexity index is 109. The number of hydrogen-bond acceptors (Lipinski definition) is 2. The van der Waals surface area contributed by atoms with E-state index in [0.717, 1.165) is 20.4 Å². The van der Waals surface area contributed by atoms with E-state index in [-0.39, 0.29) is 0 Å². The van der Waals surface area contributed by atoms with Gasteiger partial charge in [0.05, 0.1) is 0 Å². The van der Waals surface area contributed by atoms with E-state index in [4.69, 9.17) is 0 Å². The van der Waals surface area contributed by atoms with Crippen LogP contribution in [0.15, 0.2) is 0 Å². The molecular formula is C10H25N2P. The molecule has 0 aromatic rings. The fraction of sp³-hybridized carbons (Fsp3) is 1.00. The third kappa shape index (κ3) is 4.95. The van der Waals surface area contributed by atoms with Crippen LogP contribution in [0.4, 0.5) is 0 Å². The molecular weight excluding hydrogens is 179 g/mol. The Balaban J connectivity index is 0.000000671. The van der Waals surface area contributed by atoms with E-state index < -0.39 is 0 Å². The molecule has 0 saturated carbocycles. The third-order valence-electron chi connectivity index (χ3n) is 2.32. The molecule has 1 heterocycles. The summed E-state index contributed by atoms with van der Waals surface area (Å²) in [7, 11) is 3.15. The van der Waals surface area contributed by atoms with E-state index in [0.29, 0.717) is 0 Å². The van der Waals surface area contributed by atoms with Crippen LogP contribution >= 0.6 is 8.58 Å². The van der Waals surface area contributed by atoms with Crippen molar-refractivity contribution in [2.24, 2.45) is 0 Å². The van der Waals surface area contributed by atoms with Crippen LogP contribution in [0.3, 0.4) is 0 Å². The van der Waals surface area contributed by atoms with Crippen LogP contribution in [0.2, 0.25) is 0 Å². The van der Waals surface area contributed by atoms with Crippen LogP contribution in [0.1, 0.15) is 34.1 Å². The molecule has 1 saturated heterocycles. The summed E-state index contributed by atoms with van der Waals surface area (Å²) in [4.78, 5) is 2.56. The molecule has 2 atom stereocenters. The Morgan fingerprint density at radius 3 is 2.31 bits per heavy atom. The van der Waals surface area contributed by atoms with Crippen molar-refractivity contribution in [3.8, 4) is 0 Å². The van der Waals surface area contributed by atoms with Crippen LogP contribution in [-0.2, 0) is 0 Å². The highest BCUT2D eigenvalue weighted by molar-refractivity contribution is 7.38. The summed E-state index contributed by atoms with van der Waals surface area (Å²) >= 11 is 0. The first-order valence-electron chi connectivity index (χ1n) is 5.38. The van der Waals surface area contributed by atoms with Gasteiger partial charge in [0, 0.05) is 24.7 Å². The monoisotopic (exact) mass is 204 g/mol. The summed E-state index contributed by atoms with van der Waals surface area (Å²) in [6, 6.07) is 0.736. The molecule has 0 bridgehead atoms. The molecule has 0 spiro atoms. The van der Waals surface area contributed by atoms with Gasteiger partial charge in [-0.25, -0.2) is 0 Å². The highest BCUT2D eigenvalue weighted by Crippen LogP contribution is 2.27. The van der Waals surface area contributed by atoms with Gasteiger partial charge in [0.1, 0.15) is 0 Å². The van der Waals surface area contributed by atoms with Crippen molar-refractivity contribution in [3.63, 3.8) is 0 Å². The second-order valence-corrected chi connectivity index (χ2v) is 4.82. The van der Waals surface area contributed by atoms with Gasteiger partial charge in [0.25, 0.3) is 0 Å². The maximum atomic E-state index is 3.35. The van der Waals surface area contributed by atoms with Crippen LogP contribution in [0.5, 0.6) is 0 Å². The van der Waals surface area contributed by atoms with Gasteiger partial charge in [-0.15, -0.1) is 0 Å². The zero-order valence-electron chi connectivity index (χ0n) is 9.72. The summed E-state index contributed by atoms with van der Waals surface area (Å²) in [5, 5.41) is 3.35. The smallest absolute Gasteiger partial charge is 0.0261 e. The lowest BCUT2D eigenvalue weighted by Crippen LogP contribution is -2.39. The molecule has 1 fully saturated rings. The minimum absolute atomic E-state index is 0.736. The second-order valence-electron chi connectivity index (χ2n) is 3.40. The number of hydrogen-bond donors (Lipinski definition) is 1. The zero-order valence-corrected chi connectivity index (χ0v) is 10.7. The Kier molecular flexibility index (Phi) is 7.93. The summed E-state index contributed by atoms with van der Waals surface area (Å²) in [5.41, 5.74) is 0. The van der Waals surface area contributed by atoms with Gasteiger partial charge in [-0.3, -0.25) is 4.90 Å². The van der Waals surface area contributed by atoms with Crippen molar-refractivity contribution < 1.29 is 0 Å². The Labute approximate surface area is 85.2 Å². The van der Waals surface area contributed by atoms with Crippen molar-refractivity contribution >= 4 is 8.58 Å². The van der Waals surface area contributed by atoms with Crippen molar-refractivity contribution in [1.82, 2.24) is 10.2 Å². The van der Waals surface area contributed by atoms with Gasteiger partial charge in [-0.2, -0.15) is 0 Å². The topological polar surface area (TPSA) is 15.3 Å². The van der Waals surface area contributed by atoms with E-state index in [1.807, 2.05) is 13.8 Å². The molecule has 0 amide bonds. The molecule has 13 heavy (non-hydrogen) atoms. The lowest BCUT2D eigenvalue weighted by molar-refractivity contribution is 0.243. The summed E-state index contributed by atoms with van der Waals surface area (Å²) in [6.45, 7) is 9.84. The summed E-state index contributed by atoms with van der Waals surface area (Å²) < 4.78 is 0. The second kappa shape index (κ2) is 7.73. The predicted molar refractivity (Wildman–Crippen MR) is 63.8 cm³/mol. The number of nitrogens with zero attached hydrogens (tertiary/aromatic N) is 1. The highest BCUT2D eigenvalue weighted by Gasteiger charge is 2.18. The van der Waals surface area contributed by atoms with Gasteiger partial charge < -0.3 is 5.32 Å². The fourth-order valence-electron chi connectivity index (χ4n) is 1.39. The van der Waals surface area contributed by atoms with E-state index in [1.165, 1.54) is 19.3 Å². The van der Waals surface area contributed by atoms with E-state index in [9.17, 15) is 0 Å². The minimum Gasteiger partial charge on any atom is -0.313 e. The molecule has 2 unspecified atom stereocenters. The van der Waals surface area contributed by atoms with Crippen LogP contribution in [-0.4, -0.2) is 36.6 Å². The van der Waals surface area contributed by atoms with Crippen molar-refractivity contribution in [3.05, 3.63) is 0 Å². The van der Waals surface area contributed by atoms with E-state index >= 15 is 0 Å². The standard InChI is InChI=1S/C8H19N2P.C2H6/c1-7(2)10-5-4-8(9-3)11-6-10;1-2/h7-9,11H,4-6H2,1-3H3;1-2H3. The maximum absolute atomic E-state index is 3.35. The molecule has 80 valence electrons. The van der Waals surface area contributed by atoms with Crippen molar-refractivity contribution in [2.75, 3.05) is 19.9 Å². The lowest BCUT2D eigenvalue weighted by atomic mass is 10.3. The van der Waals surface area contributed by atoms with Crippen LogP contribution in [0.25, 0.3) is 0 Å². The quantitative estimate of drug-likeness (QED) is 0.694. The lowest BCUT2D eigenvalue weighted by Gasteiger charge is -2.34. The summed E-state index contributed by atoms with van der Waals surface area (Å²) in [6.07, 6.45) is 2.62. The first-order valence-corrected chi connectivity index (χ1v) is 6.67. The average Bonchev–Trinajstić information content (AvgIpc) is 2.21. The van der Waals surface area contributed by atoms with E-state index in [1.54, 1.807) is 0 Å². The minimum atomic E-state index is 0.736. The number of nitrogens with one attached hydrogen (secondary N) is 1. The van der Waals surface area contributed by atoms with Gasteiger partial charge in [-0.1, -0.05) is 22.4 Å². The van der Waals surface area contributed by atoms with Crippen molar-refractivity contribution in [1.29, 1.82) is 0 Å². The highest BCUT2D eigenvalue weighted by atomic mass is 31.1. The van der Waals surface area contributed by atoms with Gasteiger partial charge >= 0.3 is 0 Å². The molecule has 0 radical (unpaired) electrons. The number of rotatable bonds is 2. The molecule has 0 aromatic carbocycles. The molecule has 1 N–H and O–H groups in total. The maximum Gasteiger partial charge on any atom is 0.0261 e. The predicted octanol–water partition coefficient (Wildman–Crippen LogP) is 2.31.